The van der Waals surface area contributed by atoms with Crippen LogP contribution in [-0.2, 0) is 19.8 Å². The quantitative estimate of drug-likeness (QED) is 0.646. The number of nitriles is 1. The Morgan fingerprint density at radius 1 is 1.25 bits per heavy atom. The van der Waals surface area contributed by atoms with Gasteiger partial charge < -0.3 is 20.2 Å². The van der Waals surface area contributed by atoms with Gasteiger partial charge in [-0.1, -0.05) is 49.2 Å². The molecule has 1 aliphatic carbocycles. The first kappa shape index (κ1) is 23.9. The van der Waals surface area contributed by atoms with E-state index in [1.54, 1.807) is 6.07 Å². The number of hydrogen-bond acceptors (Lipinski definition) is 5. The minimum absolute atomic E-state index is 0.0198. The van der Waals surface area contributed by atoms with Gasteiger partial charge in [-0.15, -0.1) is 0 Å². The van der Waals surface area contributed by atoms with Crippen LogP contribution in [0.25, 0.3) is 0 Å². The van der Waals surface area contributed by atoms with E-state index in [1.807, 2.05) is 18.2 Å². The number of carbonyl (C=O) groups excluding carboxylic acids is 3. The molecule has 3 aliphatic rings. The highest BCUT2D eigenvalue weighted by molar-refractivity contribution is 6.07. The van der Waals surface area contributed by atoms with Crippen molar-refractivity contribution in [3.8, 4) is 6.07 Å². The molecule has 186 valence electrons. The van der Waals surface area contributed by atoms with Gasteiger partial charge in [0.2, 0.25) is 11.8 Å². The van der Waals surface area contributed by atoms with Gasteiger partial charge in [0.05, 0.1) is 11.5 Å². The number of amides is 3. The lowest BCUT2D eigenvalue weighted by molar-refractivity contribution is -0.150. The summed E-state index contributed by atoms with van der Waals surface area (Å²) in [5.41, 5.74) is 0.222. The van der Waals surface area contributed by atoms with Crippen LogP contribution in [0.4, 0.5) is 10.1 Å². The number of nitrogens with zero attached hydrogens (tertiary/aromatic N) is 3. The number of rotatable bonds is 6. The lowest BCUT2D eigenvalue weighted by atomic mass is 9.80. The third-order valence-corrected chi connectivity index (χ3v) is 7.70. The Morgan fingerprint density at radius 3 is 2.64 bits per heavy atom. The summed E-state index contributed by atoms with van der Waals surface area (Å²) in [5.74, 6) is -1.97. The molecule has 9 heteroatoms. The predicted octanol–water partition coefficient (Wildman–Crippen LogP) is 2.50. The second-order valence-electron chi connectivity index (χ2n) is 9.97. The van der Waals surface area contributed by atoms with Crippen LogP contribution in [0.2, 0.25) is 0 Å². The highest BCUT2D eigenvalue weighted by Crippen LogP contribution is 2.47. The highest BCUT2D eigenvalue weighted by atomic mass is 19.1. The van der Waals surface area contributed by atoms with Gasteiger partial charge in [0, 0.05) is 31.3 Å². The van der Waals surface area contributed by atoms with E-state index in [0.29, 0.717) is 12.1 Å². The molecule has 1 saturated carbocycles. The molecular weight excluding hydrogens is 463 g/mol. The van der Waals surface area contributed by atoms with Gasteiger partial charge in [-0.2, -0.15) is 5.26 Å². The minimum Gasteiger partial charge on any atom is -0.378 e. The van der Waals surface area contributed by atoms with Gasteiger partial charge >= 0.3 is 0 Å². The summed E-state index contributed by atoms with van der Waals surface area (Å²) in [4.78, 5) is 42.7. The van der Waals surface area contributed by atoms with Crippen molar-refractivity contribution in [1.29, 1.82) is 5.26 Å². The maximum atomic E-state index is 14.2. The normalized spacial score (nSPS) is 24.1. The van der Waals surface area contributed by atoms with Crippen molar-refractivity contribution in [2.24, 2.45) is 5.92 Å². The Hall–Kier alpha value is -3.77. The number of benzene rings is 2. The molecule has 2 N–H and O–H groups in total. The second-order valence-corrected chi connectivity index (χ2v) is 9.97. The number of nitrogens with one attached hydrogen (secondary N) is 1. The summed E-state index contributed by atoms with van der Waals surface area (Å²) in [6, 6.07) is 13.1. The standard InChI is InChI=1S/C27H27FN4O4/c1-31(25(35)23(33)18-6-2-4-8-20(18)28)22(12-16-10-11-16)24(34)32-15-27(13-17(32)14-29)19-7-3-5-9-21(19)30-26(27)36/h2-9,16-17,22-23,33H,10-13,15H2,1H3,(H,30,36)/t17-,22-,23+,27-/m0/s1. The third kappa shape index (κ3) is 3.91. The van der Waals surface area contributed by atoms with E-state index < -0.39 is 41.2 Å². The van der Waals surface area contributed by atoms with Crippen LogP contribution in [0.5, 0.6) is 0 Å². The number of carbonyl (C=O) groups is 3. The van der Waals surface area contributed by atoms with Gasteiger partial charge in [-0.25, -0.2) is 4.39 Å². The molecule has 8 nitrogen and oxygen atoms in total. The average Bonchev–Trinajstić information content (AvgIpc) is 3.56. The minimum atomic E-state index is -1.77. The smallest absolute Gasteiger partial charge is 0.256 e. The zero-order valence-electron chi connectivity index (χ0n) is 19.9. The SMILES string of the molecule is CN(C(=O)[C@H](O)c1ccccc1F)[C@@H](CC1CC1)C(=O)N1C[C@]2(C[C@H]1C#N)C(=O)Nc1ccccc12. The number of hydrogen-bond donors (Lipinski definition) is 2. The largest absolute Gasteiger partial charge is 0.378 e. The maximum Gasteiger partial charge on any atom is 0.256 e. The van der Waals surface area contributed by atoms with Crippen molar-refractivity contribution in [2.45, 2.75) is 49.3 Å². The summed E-state index contributed by atoms with van der Waals surface area (Å²) in [5, 5.41) is 23.4. The molecule has 4 atom stereocenters. The van der Waals surface area contributed by atoms with Crippen LogP contribution in [0, 0.1) is 23.1 Å². The molecule has 2 heterocycles. The second kappa shape index (κ2) is 9.03. The molecule has 3 amide bonds. The number of likely N-dealkylation sites (tertiary alicyclic amines) is 1. The van der Waals surface area contributed by atoms with Crippen molar-refractivity contribution < 1.29 is 23.9 Å². The Kier molecular flexibility index (Phi) is 6.00. The van der Waals surface area contributed by atoms with Crippen LogP contribution in [-0.4, -0.2) is 58.3 Å². The molecular formula is C27H27FN4O4. The number of aliphatic hydroxyl groups excluding tert-OH is 1. The molecule has 2 aromatic carbocycles. The molecule has 2 fully saturated rings. The van der Waals surface area contributed by atoms with E-state index in [0.717, 1.165) is 24.5 Å². The first-order valence-corrected chi connectivity index (χ1v) is 12.1. The molecule has 0 bridgehead atoms. The number of anilines is 1. The summed E-state index contributed by atoms with van der Waals surface area (Å²) in [7, 11) is 1.42. The predicted molar refractivity (Wildman–Crippen MR) is 128 cm³/mol. The molecule has 0 radical (unpaired) electrons. The Morgan fingerprint density at radius 2 is 1.94 bits per heavy atom. The van der Waals surface area contributed by atoms with Crippen LogP contribution in [0.15, 0.2) is 48.5 Å². The summed E-state index contributed by atoms with van der Waals surface area (Å²) in [6.45, 7) is 0.0198. The summed E-state index contributed by atoms with van der Waals surface area (Å²) in [6.07, 6.45) is 0.598. The lowest BCUT2D eigenvalue weighted by Gasteiger charge is -2.33. The lowest BCUT2D eigenvalue weighted by Crippen LogP contribution is -2.52. The van der Waals surface area contributed by atoms with E-state index in [-0.39, 0.29) is 30.4 Å². The number of para-hydroxylation sites is 1. The zero-order valence-corrected chi connectivity index (χ0v) is 19.9. The van der Waals surface area contributed by atoms with Crippen molar-refractivity contribution in [2.75, 3.05) is 18.9 Å². The number of aliphatic hydroxyl groups is 1. The summed E-state index contributed by atoms with van der Waals surface area (Å²) >= 11 is 0. The van der Waals surface area contributed by atoms with Crippen molar-refractivity contribution >= 4 is 23.4 Å². The number of fused-ring (bicyclic) bond motifs is 2. The van der Waals surface area contributed by atoms with Gasteiger partial charge in [0.15, 0.2) is 6.10 Å². The summed E-state index contributed by atoms with van der Waals surface area (Å²) < 4.78 is 14.2. The number of halogens is 1. The first-order chi connectivity index (χ1) is 17.3. The van der Waals surface area contributed by atoms with Gasteiger partial charge in [-0.3, -0.25) is 14.4 Å². The molecule has 1 spiro atoms. The van der Waals surface area contributed by atoms with Gasteiger partial charge in [0.1, 0.15) is 17.9 Å². The monoisotopic (exact) mass is 490 g/mol. The maximum absolute atomic E-state index is 14.2. The average molecular weight is 491 g/mol. The van der Waals surface area contributed by atoms with E-state index >= 15 is 0 Å². The Balaban J connectivity index is 1.43. The van der Waals surface area contributed by atoms with Gasteiger partial charge in [0.25, 0.3) is 5.91 Å². The molecule has 2 aliphatic heterocycles. The fraction of sp³-hybridized carbons (Fsp3) is 0.407. The fourth-order valence-corrected chi connectivity index (χ4v) is 5.45. The van der Waals surface area contributed by atoms with Gasteiger partial charge in [-0.05, 0) is 30.0 Å². The number of likely N-dealkylation sites (N-methyl/N-ethyl adjacent to an activating group) is 1. The molecule has 2 aromatic rings. The molecule has 1 saturated heterocycles. The first-order valence-electron chi connectivity index (χ1n) is 12.1. The Labute approximate surface area is 208 Å². The highest BCUT2D eigenvalue weighted by Gasteiger charge is 2.57. The molecule has 5 rings (SSSR count). The van der Waals surface area contributed by atoms with E-state index in [1.165, 1.54) is 35.0 Å². The van der Waals surface area contributed by atoms with E-state index in [9.17, 15) is 29.1 Å². The zero-order chi connectivity index (χ0) is 25.6. The van der Waals surface area contributed by atoms with Crippen LogP contribution in [0.1, 0.15) is 42.9 Å². The molecule has 36 heavy (non-hydrogen) atoms. The van der Waals surface area contributed by atoms with Crippen LogP contribution >= 0.6 is 0 Å². The topological polar surface area (TPSA) is 114 Å². The van der Waals surface area contributed by atoms with E-state index in [4.69, 9.17) is 0 Å². The molecule has 0 aromatic heterocycles. The van der Waals surface area contributed by atoms with Crippen LogP contribution in [0.3, 0.4) is 0 Å². The van der Waals surface area contributed by atoms with Crippen molar-refractivity contribution in [1.82, 2.24) is 9.80 Å². The van der Waals surface area contributed by atoms with Crippen LogP contribution < -0.4 is 5.32 Å². The molecule has 0 unspecified atom stereocenters. The van der Waals surface area contributed by atoms with Crippen molar-refractivity contribution in [3.63, 3.8) is 0 Å². The third-order valence-electron chi connectivity index (χ3n) is 7.70. The van der Waals surface area contributed by atoms with E-state index in [2.05, 4.69) is 11.4 Å². The Bertz CT molecular complexity index is 1270. The fourth-order valence-electron chi connectivity index (χ4n) is 5.45. The van der Waals surface area contributed by atoms with Crippen molar-refractivity contribution in [3.05, 3.63) is 65.5 Å².